The van der Waals surface area contributed by atoms with Gasteiger partial charge in [0.1, 0.15) is 0 Å². The van der Waals surface area contributed by atoms with Crippen LogP contribution in [0.5, 0.6) is 0 Å². The fourth-order valence-corrected chi connectivity index (χ4v) is 2.09. The topological polar surface area (TPSA) is 38.0 Å². The van der Waals surface area contributed by atoms with Gasteiger partial charge >= 0.3 is 0 Å². The smallest absolute Gasteiger partial charge is 0.0703 e. The SMILES string of the molecule is CC(C)c1ccn(-c2ccc(Br)cc2CO)n1. The Morgan fingerprint density at radius 2 is 2.12 bits per heavy atom. The van der Waals surface area contributed by atoms with E-state index in [-0.39, 0.29) is 6.61 Å². The van der Waals surface area contributed by atoms with E-state index in [9.17, 15) is 5.11 Å². The van der Waals surface area contributed by atoms with Crippen LogP contribution >= 0.6 is 15.9 Å². The first-order valence-corrected chi connectivity index (χ1v) is 6.36. The average Bonchev–Trinajstić information content (AvgIpc) is 2.78. The van der Waals surface area contributed by atoms with Gasteiger partial charge in [-0.3, -0.25) is 0 Å². The normalized spacial score (nSPS) is 11.1. The molecule has 1 aromatic heterocycles. The fourth-order valence-electron chi connectivity index (χ4n) is 1.68. The molecule has 0 radical (unpaired) electrons. The van der Waals surface area contributed by atoms with Gasteiger partial charge in [0.05, 0.1) is 18.0 Å². The number of benzene rings is 1. The first-order chi connectivity index (χ1) is 8.11. The lowest BCUT2D eigenvalue weighted by molar-refractivity contribution is 0.281. The van der Waals surface area contributed by atoms with Crippen molar-refractivity contribution in [3.63, 3.8) is 0 Å². The summed E-state index contributed by atoms with van der Waals surface area (Å²) in [4.78, 5) is 0. The van der Waals surface area contributed by atoms with Crippen molar-refractivity contribution in [2.75, 3.05) is 0 Å². The summed E-state index contributed by atoms with van der Waals surface area (Å²) in [6, 6.07) is 7.82. The second kappa shape index (κ2) is 5.02. The zero-order chi connectivity index (χ0) is 12.4. The number of aliphatic hydroxyl groups excluding tert-OH is 1. The third-order valence-corrected chi connectivity index (χ3v) is 3.15. The van der Waals surface area contributed by atoms with Crippen LogP contribution in [0.1, 0.15) is 31.0 Å². The third kappa shape index (κ3) is 2.58. The Kier molecular flexibility index (Phi) is 3.64. The molecular formula is C13H15BrN2O. The maximum Gasteiger partial charge on any atom is 0.0703 e. The van der Waals surface area contributed by atoms with E-state index in [0.29, 0.717) is 5.92 Å². The molecule has 1 N–H and O–H groups in total. The molecule has 17 heavy (non-hydrogen) atoms. The molecule has 0 amide bonds. The molecule has 2 aromatic rings. The predicted octanol–water partition coefficient (Wildman–Crippen LogP) is 3.25. The van der Waals surface area contributed by atoms with Crippen LogP contribution in [0.2, 0.25) is 0 Å². The summed E-state index contributed by atoms with van der Waals surface area (Å²) in [5.74, 6) is 0.407. The molecule has 0 aliphatic rings. The molecule has 4 heteroatoms. The minimum absolute atomic E-state index is 0.00560. The first kappa shape index (κ1) is 12.3. The molecule has 3 nitrogen and oxygen atoms in total. The molecule has 0 unspecified atom stereocenters. The Bertz CT molecular complexity index is 520. The van der Waals surface area contributed by atoms with E-state index in [1.807, 2.05) is 35.1 Å². The largest absolute Gasteiger partial charge is 0.392 e. The van der Waals surface area contributed by atoms with Gasteiger partial charge in [-0.05, 0) is 30.2 Å². The Hall–Kier alpha value is -1.13. The number of hydrogen-bond donors (Lipinski definition) is 1. The Labute approximate surface area is 109 Å². The van der Waals surface area contributed by atoms with Crippen molar-refractivity contribution < 1.29 is 5.11 Å². The maximum atomic E-state index is 9.36. The zero-order valence-electron chi connectivity index (χ0n) is 9.89. The van der Waals surface area contributed by atoms with Crippen molar-refractivity contribution >= 4 is 15.9 Å². The molecule has 1 aromatic carbocycles. The van der Waals surface area contributed by atoms with Crippen molar-refractivity contribution in [3.8, 4) is 5.69 Å². The van der Waals surface area contributed by atoms with Crippen molar-refractivity contribution in [2.45, 2.75) is 26.4 Å². The lowest BCUT2D eigenvalue weighted by atomic mass is 10.1. The van der Waals surface area contributed by atoms with Gasteiger partial charge in [0.25, 0.3) is 0 Å². The highest BCUT2D eigenvalue weighted by Crippen LogP contribution is 2.21. The van der Waals surface area contributed by atoms with E-state index in [4.69, 9.17) is 0 Å². The molecule has 0 spiro atoms. The van der Waals surface area contributed by atoms with E-state index >= 15 is 0 Å². The number of halogens is 1. The molecule has 0 aliphatic heterocycles. The van der Waals surface area contributed by atoms with Crippen LogP contribution < -0.4 is 0 Å². The summed E-state index contributed by atoms with van der Waals surface area (Å²) >= 11 is 3.40. The summed E-state index contributed by atoms with van der Waals surface area (Å²) in [6.07, 6.45) is 1.93. The van der Waals surface area contributed by atoms with Gasteiger partial charge in [-0.25, -0.2) is 4.68 Å². The summed E-state index contributed by atoms with van der Waals surface area (Å²) in [5, 5.41) is 13.9. The molecular weight excluding hydrogens is 280 g/mol. The van der Waals surface area contributed by atoms with Crippen LogP contribution in [0.3, 0.4) is 0 Å². The van der Waals surface area contributed by atoms with Crippen molar-refractivity contribution in [2.24, 2.45) is 0 Å². The van der Waals surface area contributed by atoms with Crippen LogP contribution in [0, 0.1) is 0 Å². The van der Waals surface area contributed by atoms with Gasteiger partial charge in [-0.15, -0.1) is 0 Å². The van der Waals surface area contributed by atoms with Crippen molar-refractivity contribution in [3.05, 3.63) is 46.2 Å². The summed E-state index contributed by atoms with van der Waals surface area (Å²) in [6.45, 7) is 4.23. The maximum absolute atomic E-state index is 9.36. The van der Waals surface area contributed by atoms with Crippen LogP contribution in [0.4, 0.5) is 0 Å². The number of nitrogens with zero attached hydrogens (tertiary/aromatic N) is 2. The Morgan fingerprint density at radius 1 is 1.35 bits per heavy atom. The Balaban J connectivity index is 2.44. The molecule has 0 aliphatic carbocycles. The lowest BCUT2D eigenvalue weighted by Crippen LogP contribution is -2.01. The van der Waals surface area contributed by atoms with Crippen LogP contribution in [-0.2, 0) is 6.61 Å². The standard InChI is InChI=1S/C13H15BrN2O/c1-9(2)12-5-6-16(15-12)13-4-3-11(14)7-10(13)8-17/h3-7,9,17H,8H2,1-2H3. The van der Waals surface area contributed by atoms with Gasteiger partial charge < -0.3 is 5.11 Å². The average molecular weight is 295 g/mol. The molecule has 0 atom stereocenters. The molecule has 0 saturated carbocycles. The van der Waals surface area contributed by atoms with Gasteiger partial charge in [0.15, 0.2) is 0 Å². The first-order valence-electron chi connectivity index (χ1n) is 5.57. The Morgan fingerprint density at radius 3 is 2.71 bits per heavy atom. The van der Waals surface area contributed by atoms with Crippen LogP contribution in [0.15, 0.2) is 34.9 Å². The van der Waals surface area contributed by atoms with Gasteiger partial charge in [0.2, 0.25) is 0 Å². The van der Waals surface area contributed by atoms with Crippen LogP contribution in [-0.4, -0.2) is 14.9 Å². The van der Waals surface area contributed by atoms with Gasteiger partial charge in [-0.1, -0.05) is 29.8 Å². The molecule has 0 bridgehead atoms. The highest BCUT2D eigenvalue weighted by Gasteiger charge is 2.08. The monoisotopic (exact) mass is 294 g/mol. The van der Waals surface area contributed by atoms with Crippen LogP contribution in [0.25, 0.3) is 5.69 Å². The van der Waals surface area contributed by atoms with E-state index in [0.717, 1.165) is 21.4 Å². The third-order valence-electron chi connectivity index (χ3n) is 2.66. The minimum Gasteiger partial charge on any atom is -0.392 e. The highest BCUT2D eigenvalue weighted by atomic mass is 79.9. The second-order valence-corrected chi connectivity index (χ2v) is 5.19. The summed E-state index contributed by atoms with van der Waals surface area (Å²) in [7, 11) is 0. The van der Waals surface area contributed by atoms with E-state index in [1.54, 1.807) is 0 Å². The van der Waals surface area contributed by atoms with E-state index in [2.05, 4.69) is 34.9 Å². The number of aromatic nitrogens is 2. The molecule has 0 saturated heterocycles. The van der Waals surface area contributed by atoms with Crippen molar-refractivity contribution in [1.82, 2.24) is 9.78 Å². The number of rotatable bonds is 3. The highest BCUT2D eigenvalue weighted by molar-refractivity contribution is 9.10. The molecule has 90 valence electrons. The second-order valence-electron chi connectivity index (χ2n) is 4.27. The summed E-state index contributed by atoms with van der Waals surface area (Å²) < 4.78 is 2.77. The zero-order valence-corrected chi connectivity index (χ0v) is 11.5. The quantitative estimate of drug-likeness (QED) is 0.944. The number of aliphatic hydroxyl groups is 1. The molecule has 2 rings (SSSR count). The van der Waals surface area contributed by atoms with E-state index < -0.39 is 0 Å². The van der Waals surface area contributed by atoms with E-state index in [1.165, 1.54) is 0 Å². The minimum atomic E-state index is 0.00560. The van der Waals surface area contributed by atoms with Gasteiger partial charge in [0, 0.05) is 16.2 Å². The molecule has 0 fully saturated rings. The molecule has 1 heterocycles. The van der Waals surface area contributed by atoms with Gasteiger partial charge in [-0.2, -0.15) is 5.10 Å². The fraction of sp³-hybridized carbons (Fsp3) is 0.308. The number of hydrogen-bond acceptors (Lipinski definition) is 2. The van der Waals surface area contributed by atoms with Crippen molar-refractivity contribution in [1.29, 1.82) is 0 Å². The lowest BCUT2D eigenvalue weighted by Gasteiger charge is -2.08. The predicted molar refractivity (Wildman–Crippen MR) is 71.3 cm³/mol. The summed E-state index contributed by atoms with van der Waals surface area (Å²) in [5.41, 5.74) is 2.83.